The molecule has 110 valence electrons. The number of hydrogen-bond donors (Lipinski definition) is 0. The van der Waals surface area contributed by atoms with Gasteiger partial charge in [0, 0.05) is 13.2 Å². The quantitative estimate of drug-likeness (QED) is 0.451. The molecular weight excluding hydrogens is 244 g/mol. The minimum atomic E-state index is 0.390. The van der Waals surface area contributed by atoms with E-state index in [1.54, 1.807) is 0 Å². The van der Waals surface area contributed by atoms with Crippen LogP contribution in [-0.2, 0) is 18.9 Å². The molecule has 4 nitrogen and oxygen atoms in total. The topological polar surface area (TPSA) is 43.5 Å². The van der Waals surface area contributed by atoms with Crippen LogP contribution >= 0.6 is 0 Å². The molecule has 2 unspecified atom stereocenters. The monoisotopic (exact) mass is 270 g/mol. The summed E-state index contributed by atoms with van der Waals surface area (Å²) in [6, 6.07) is 0. The molecule has 0 aromatic carbocycles. The first-order valence-corrected chi connectivity index (χ1v) is 7.75. The van der Waals surface area contributed by atoms with Gasteiger partial charge in [0.25, 0.3) is 0 Å². The summed E-state index contributed by atoms with van der Waals surface area (Å²) in [6.45, 7) is 5.11. The Morgan fingerprint density at radius 2 is 1.32 bits per heavy atom. The van der Waals surface area contributed by atoms with Crippen LogP contribution in [0.1, 0.15) is 38.5 Å². The summed E-state index contributed by atoms with van der Waals surface area (Å²) in [7, 11) is 0. The molecule has 2 heterocycles. The van der Waals surface area contributed by atoms with E-state index in [2.05, 4.69) is 0 Å². The summed E-state index contributed by atoms with van der Waals surface area (Å²) in [5.74, 6) is 0. The summed E-state index contributed by atoms with van der Waals surface area (Å²) in [6.07, 6.45) is 8.59. The van der Waals surface area contributed by atoms with Gasteiger partial charge >= 0.3 is 0 Å². The van der Waals surface area contributed by atoms with E-state index in [0.717, 1.165) is 39.6 Å². The average molecular weight is 270 g/mol. The van der Waals surface area contributed by atoms with Crippen LogP contribution < -0.4 is 0 Å². The summed E-state index contributed by atoms with van der Waals surface area (Å²) < 4.78 is 21.7. The van der Waals surface area contributed by atoms with E-state index in [1.165, 1.54) is 38.5 Å². The fourth-order valence-electron chi connectivity index (χ4n) is 3.09. The number of rotatable bonds is 10. The minimum Gasteiger partial charge on any atom is -0.379 e. The van der Waals surface area contributed by atoms with E-state index in [9.17, 15) is 0 Å². The van der Waals surface area contributed by atoms with E-state index in [4.69, 9.17) is 18.9 Å². The van der Waals surface area contributed by atoms with E-state index in [0.29, 0.717) is 17.6 Å². The summed E-state index contributed by atoms with van der Waals surface area (Å²) >= 11 is 0. The van der Waals surface area contributed by atoms with Gasteiger partial charge in [-0.3, -0.25) is 0 Å². The van der Waals surface area contributed by atoms with Crippen molar-refractivity contribution in [1.29, 1.82) is 0 Å². The lowest BCUT2D eigenvalue weighted by Gasteiger charge is -2.28. The molecule has 0 aromatic rings. The van der Waals surface area contributed by atoms with E-state index < -0.39 is 0 Å². The Bertz CT molecular complexity index is 245. The summed E-state index contributed by atoms with van der Waals surface area (Å²) in [5, 5.41) is 0. The van der Waals surface area contributed by atoms with Crippen molar-refractivity contribution in [1.82, 2.24) is 0 Å². The minimum absolute atomic E-state index is 0.390. The van der Waals surface area contributed by atoms with E-state index >= 15 is 0 Å². The van der Waals surface area contributed by atoms with Crippen molar-refractivity contribution in [3.8, 4) is 0 Å². The normalized spacial score (nSPS) is 31.6. The number of epoxide rings is 2. The van der Waals surface area contributed by atoms with E-state index in [-0.39, 0.29) is 0 Å². The molecule has 2 aliphatic heterocycles. The van der Waals surface area contributed by atoms with Crippen molar-refractivity contribution in [2.75, 3.05) is 39.6 Å². The van der Waals surface area contributed by atoms with Crippen LogP contribution in [0.25, 0.3) is 0 Å². The molecular formula is C15H26O4. The molecule has 3 rings (SSSR count). The standard InChI is InChI=1S/C15H26O4/c1-2-4-15(3-1,5-7-16-9-13-11-18-13)6-8-17-10-14-12-19-14/h13-14H,1-12H2. The molecule has 0 radical (unpaired) electrons. The zero-order chi connectivity index (χ0) is 13.0. The van der Waals surface area contributed by atoms with Gasteiger partial charge in [-0.05, 0) is 31.1 Å². The van der Waals surface area contributed by atoms with Crippen LogP contribution in [-0.4, -0.2) is 51.8 Å². The molecule has 3 aliphatic rings. The molecule has 19 heavy (non-hydrogen) atoms. The molecule has 2 atom stereocenters. The number of hydrogen-bond acceptors (Lipinski definition) is 4. The zero-order valence-electron chi connectivity index (χ0n) is 11.8. The highest BCUT2D eigenvalue weighted by Crippen LogP contribution is 2.44. The van der Waals surface area contributed by atoms with Crippen LogP contribution in [0.2, 0.25) is 0 Å². The molecule has 2 saturated heterocycles. The lowest BCUT2D eigenvalue weighted by molar-refractivity contribution is 0.0514. The van der Waals surface area contributed by atoms with Crippen LogP contribution in [0, 0.1) is 5.41 Å². The summed E-state index contributed by atoms with van der Waals surface area (Å²) in [5.41, 5.74) is 0.481. The van der Waals surface area contributed by atoms with E-state index in [1.807, 2.05) is 0 Å². The van der Waals surface area contributed by atoms with Gasteiger partial charge in [0.05, 0.1) is 26.4 Å². The Balaban J connectivity index is 1.31. The first kappa shape index (κ1) is 13.8. The fraction of sp³-hybridized carbons (Fsp3) is 1.00. The Morgan fingerprint density at radius 1 is 0.842 bits per heavy atom. The number of ether oxygens (including phenoxy) is 4. The Hall–Kier alpha value is -0.160. The second-order valence-electron chi connectivity index (χ2n) is 6.27. The third kappa shape index (κ3) is 4.71. The molecule has 3 fully saturated rings. The van der Waals surface area contributed by atoms with Crippen molar-refractivity contribution in [2.24, 2.45) is 5.41 Å². The van der Waals surface area contributed by atoms with Gasteiger partial charge in [-0.1, -0.05) is 12.8 Å². The van der Waals surface area contributed by atoms with Crippen LogP contribution in [0.4, 0.5) is 0 Å². The van der Waals surface area contributed by atoms with Crippen molar-refractivity contribution < 1.29 is 18.9 Å². The van der Waals surface area contributed by atoms with Gasteiger partial charge in [0.2, 0.25) is 0 Å². The molecule has 1 saturated carbocycles. The Kier molecular flexibility index (Phi) is 4.74. The van der Waals surface area contributed by atoms with Crippen molar-refractivity contribution >= 4 is 0 Å². The van der Waals surface area contributed by atoms with Gasteiger partial charge in [0.15, 0.2) is 0 Å². The molecule has 0 spiro atoms. The first-order chi connectivity index (χ1) is 9.36. The SMILES string of the molecule is C1CCC(CCOCC2CO2)(CCOCC2CO2)C1. The smallest absolute Gasteiger partial charge is 0.104 e. The van der Waals surface area contributed by atoms with Crippen molar-refractivity contribution in [3.05, 3.63) is 0 Å². The average Bonchev–Trinajstić information content (AvgIpc) is 3.33. The maximum Gasteiger partial charge on any atom is 0.104 e. The first-order valence-electron chi connectivity index (χ1n) is 7.75. The van der Waals surface area contributed by atoms with Gasteiger partial charge < -0.3 is 18.9 Å². The molecule has 0 aromatic heterocycles. The van der Waals surface area contributed by atoms with Crippen LogP contribution in [0.15, 0.2) is 0 Å². The molecule has 4 heteroatoms. The van der Waals surface area contributed by atoms with Gasteiger partial charge in [0.1, 0.15) is 12.2 Å². The van der Waals surface area contributed by atoms with Crippen LogP contribution in [0.5, 0.6) is 0 Å². The Morgan fingerprint density at radius 3 is 1.74 bits per heavy atom. The molecule has 1 aliphatic carbocycles. The second-order valence-corrected chi connectivity index (χ2v) is 6.27. The fourth-order valence-corrected chi connectivity index (χ4v) is 3.09. The Labute approximate surface area is 115 Å². The molecule has 0 amide bonds. The highest BCUT2D eigenvalue weighted by Gasteiger charge is 2.33. The highest BCUT2D eigenvalue weighted by atomic mass is 16.6. The van der Waals surface area contributed by atoms with Crippen molar-refractivity contribution in [3.63, 3.8) is 0 Å². The third-order valence-electron chi connectivity index (χ3n) is 4.63. The largest absolute Gasteiger partial charge is 0.379 e. The van der Waals surface area contributed by atoms with Crippen LogP contribution in [0.3, 0.4) is 0 Å². The lowest BCUT2D eigenvalue weighted by atomic mass is 9.80. The zero-order valence-corrected chi connectivity index (χ0v) is 11.8. The second kappa shape index (κ2) is 6.53. The van der Waals surface area contributed by atoms with Gasteiger partial charge in [-0.2, -0.15) is 0 Å². The van der Waals surface area contributed by atoms with Gasteiger partial charge in [-0.25, -0.2) is 0 Å². The molecule has 0 bridgehead atoms. The maximum absolute atomic E-state index is 5.71. The predicted molar refractivity (Wildman–Crippen MR) is 71.3 cm³/mol. The maximum atomic E-state index is 5.71. The third-order valence-corrected chi connectivity index (χ3v) is 4.63. The van der Waals surface area contributed by atoms with Gasteiger partial charge in [-0.15, -0.1) is 0 Å². The predicted octanol–water partition coefficient (Wildman–Crippen LogP) is 2.16. The summed E-state index contributed by atoms with van der Waals surface area (Å²) in [4.78, 5) is 0. The molecule has 0 N–H and O–H groups in total. The van der Waals surface area contributed by atoms with Crippen molar-refractivity contribution in [2.45, 2.75) is 50.7 Å². The highest BCUT2D eigenvalue weighted by molar-refractivity contribution is 4.84. The lowest BCUT2D eigenvalue weighted by Crippen LogP contribution is -2.22.